The summed E-state index contributed by atoms with van der Waals surface area (Å²) in [5.74, 6) is -0.513. The maximum absolute atomic E-state index is 12.5. The number of hydrogen-bond acceptors (Lipinski definition) is 5. The molecule has 0 aliphatic carbocycles. The minimum absolute atomic E-state index is 0.00461. The number of aryl methyl sites for hydroxylation is 1. The van der Waals surface area contributed by atoms with Crippen LogP contribution in [0.4, 0.5) is 17.1 Å². The van der Waals surface area contributed by atoms with E-state index in [1.165, 1.54) is 48.5 Å². The van der Waals surface area contributed by atoms with Gasteiger partial charge in [-0.05, 0) is 49.4 Å². The van der Waals surface area contributed by atoms with Gasteiger partial charge in [0.2, 0.25) is 0 Å². The molecule has 0 bridgehead atoms. The highest BCUT2D eigenvalue weighted by Gasteiger charge is 2.16. The molecule has 0 saturated carbocycles. The summed E-state index contributed by atoms with van der Waals surface area (Å²) in [5, 5.41) is 13.4. The zero-order valence-electron chi connectivity index (χ0n) is 15.3. The van der Waals surface area contributed by atoms with Crippen molar-refractivity contribution < 1.29 is 18.1 Å². The minimum Gasteiger partial charge on any atom is -0.322 e. The molecule has 0 aromatic heterocycles. The van der Waals surface area contributed by atoms with Gasteiger partial charge in [-0.1, -0.05) is 23.8 Å². The summed E-state index contributed by atoms with van der Waals surface area (Å²) in [4.78, 5) is 22.6. The van der Waals surface area contributed by atoms with Crippen LogP contribution in [-0.2, 0) is 10.0 Å². The second-order valence-corrected chi connectivity index (χ2v) is 7.94. The fourth-order valence-corrected chi connectivity index (χ4v) is 3.58. The van der Waals surface area contributed by atoms with Crippen molar-refractivity contribution in [3.8, 4) is 0 Å². The Kier molecular flexibility index (Phi) is 5.60. The summed E-state index contributed by atoms with van der Waals surface area (Å²) in [7, 11) is -3.80. The number of benzene rings is 3. The van der Waals surface area contributed by atoms with Gasteiger partial charge in [0.25, 0.3) is 21.6 Å². The van der Waals surface area contributed by atoms with Gasteiger partial charge < -0.3 is 5.32 Å². The van der Waals surface area contributed by atoms with E-state index in [0.29, 0.717) is 5.69 Å². The third kappa shape index (κ3) is 4.96. The first-order valence-electron chi connectivity index (χ1n) is 8.50. The Morgan fingerprint density at radius 3 is 2.21 bits per heavy atom. The lowest BCUT2D eigenvalue weighted by Crippen LogP contribution is -2.15. The van der Waals surface area contributed by atoms with E-state index in [2.05, 4.69) is 10.0 Å². The number of non-ortho nitro benzene ring substituents is 1. The van der Waals surface area contributed by atoms with E-state index in [1.54, 1.807) is 24.3 Å². The highest BCUT2D eigenvalue weighted by Crippen LogP contribution is 2.20. The molecule has 3 aromatic rings. The van der Waals surface area contributed by atoms with E-state index in [4.69, 9.17) is 0 Å². The standard InChI is InChI=1S/C20H17N3O5S/c1-14-5-9-16(10-6-14)22-29(27,28)19-11-7-15(8-12-19)20(24)21-17-3-2-4-18(13-17)23(25)26/h2-13,22H,1H3,(H,21,24). The van der Waals surface area contributed by atoms with Gasteiger partial charge in [-0.2, -0.15) is 0 Å². The van der Waals surface area contributed by atoms with Crippen molar-refractivity contribution >= 4 is 33.0 Å². The second-order valence-electron chi connectivity index (χ2n) is 6.26. The van der Waals surface area contributed by atoms with Gasteiger partial charge in [-0.15, -0.1) is 0 Å². The summed E-state index contributed by atoms with van der Waals surface area (Å²) in [5.41, 5.74) is 1.77. The SMILES string of the molecule is Cc1ccc(NS(=O)(=O)c2ccc(C(=O)Nc3cccc([N+](=O)[O-])c3)cc2)cc1. The quantitative estimate of drug-likeness (QED) is 0.470. The van der Waals surface area contributed by atoms with Gasteiger partial charge in [-0.25, -0.2) is 8.42 Å². The number of hydrogen-bond donors (Lipinski definition) is 2. The van der Waals surface area contributed by atoms with Crippen LogP contribution in [0, 0.1) is 17.0 Å². The Labute approximate surface area is 167 Å². The van der Waals surface area contributed by atoms with Crippen molar-refractivity contribution in [3.05, 3.63) is 94.0 Å². The molecule has 148 valence electrons. The number of rotatable bonds is 6. The van der Waals surface area contributed by atoms with E-state index in [9.17, 15) is 23.3 Å². The average molecular weight is 411 g/mol. The van der Waals surface area contributed by atoms with Crippen molar-refractivity contribution in [1.29, 1.82) is 0 Å². The van der Waals surface area contributed by atoms with Crippen LogP contribution in [0.2, 0.25) is 0 Å². The third-order valence-electron chi connectivity index (χ3n) is 4.05. The number of nitrogens with zero attached hydrogens (tertiary/aromatic N) is 1. The molecule has 0 aliphatic heterocycles. The zero-order chi connectivity index (χ0) is 21.0. The first-order valence-corrected chi connectivity index (χ1v) is 9.98. The number of nitrogens with one attached hydrogen (secondary N) is 2. The van der Waals surface area contributed by atoms with Crippen LogP contribution < -0.4 is 10.0 Å². The first-order chi connectivity index (χ1) is 13.7. The monoisotopic (exact) mass is 411 g/mol. The Morgan fingerprint density at radius 2 is 1.59 bits per heavy atom. The molecule has 9 heteroatoms. The van der Waals surface area contributed by atoms with Crippen molar-refractivity contribution in [2.24, 2.45) is 0 Å². The van der Waals surface area contributed by atoms with Gasteiger partial charge in [0.15, 0.2) is 0 Å². The number of amides is 1. The van der Waals surface area contributed by atoms with Crippen LogP contribution in [-0.4, -0.2) is 19.2 Å². The molecule has 8 nitrogen and oxygen atoms in total. The van der Waals surface area contributed by atoms with Crippen LogP contribution in [0.3, 0.4) is 0 Å². The highest BCUT2D eigenvalue weighted by atomic mass is 32.2. The Morgan fingerprint density at radius 1 is 0.931 bits per heavy atom. The smallest absolute Gasteiger partial charge is 0.271 e. The number of carbonyl (C=O) groups is 1. The Bertz CT molecular complexity index is 1160. The lowest BCUT2D eigenvalue weighted by molar-refractivity contribution is -0.384. The van der Waals surface area contributed by atoms with E-state index < -0.39 is 20.9 Å². The number of carbonyl (C=O) groups excluding carboxylic acids is 1. The predicted molar refractivity (Wildman–Crippen MR) is 109 cm³/mol. The zero-order valence-corrected chi connectivity index (χ0v) is 16.1. The molecule has 0 spiro atoms. The van der Waals surface area contributed by atoms with Gasteiger partial charge in [0, 0.05) is 29.1 Å². The van der Waals surface area contributed by atoms with E-state index in [0.717, 1.165) is 5.56 Å². The van der Waals surface area contributed by atoms with Gasteiger partial charge in [-0.3, -0.25) is 19.6 Å². The molecule has 0 atom stereocenters. The molecule has 29 heavy (non-hydrogen) atoms. The summed E-state index contributed by atoms with van der Waals surface area (Å²) in [6, 6.07) is 17.8. The van der Waals surface area contributed by atoms with Crippen LogP contribution in [0.25, 0.3) is 0 Å². The molecule has 0 aliphatic rings. The average Bonchev–Trinajstić information content (AvgIpc) is 2.70. The second kappa shape index (κ2) is 8.11. The summed E-state index contributed by atoms with van der Waals surface area (Å²) >= 11 is 0. The maximum Gasteiger partial charge on any atom is 0.271 e. The van der Waals surface area contributed by atoms with Crippen molar-refractivity contribution in [2.75, 3.05) is 10.0 Å². The van der Waals surface area contributed by atoms with Gasteiger partial charge >= 0.3 is 0 Å². The lowest BCUT2D eigenvalue weighted by Gasteiger charge is -2.09. The Hall–Kier alpha value is -3.72. The maximum atomic E-state index is 12.5. The first kappa shape index (κ1) is 20.0. The number of nitro groups is 1. The molecule has 3 rings (SSSR count). The summed E-state index contributed by atoms with van der Waals surface area (Å²) in [6.45, 7) is 1.90. The molecule has 0 radical (unpaired) electrons. The molecule has 0 fully saturated rings. The molecular weight excluding hydrogens is 394 g/mol. The van der Waals surface area contributed by atoms with E-state index >= 15 is 0 Å². The molecule has 2 N–H and O–H groups in total. The Balaban J connectivity index is 1.73. The third-order valence-corrected chi connectivity index (χ3v) is 5.44. The van der Waals surface area contributed by atoms with Crippen LogP contribution in [0.15, 0.2) is 77.7 Å². The van der Waals surface area contributed by atoms with E-state index in [1.807, 2.05) is 6.92 Å². The van der Waals surface area contributed by atoms with Crippen LogP contribution in [0.5, 0.6) is 0 Å². The molecule has 3 aromatic carbocycles. The van der Waals surface area contributed by atoms with Crippen molar-refractivity contribution in [2.45, 2.75) is 11.8 Å². The fraction of sp³-hybridized carbons (Fsp3) is 0.0500. The van der Waals surface area contributed by atoms with Crippen LogP contribution in [0.1, 0.15) is 15.9 Å². The fourth-order valence-electron chi connectivity index (χ4n) is 2.52. The molecular formula is C20H17N3O5S. The van der Waals surface area contributed by atoms with Crippen LogP contribution >= 0.6 is 0 Å². The molecule has 0 saturated heterocycles. The largest absolute Gasteiger partial charge is 0.322 e. The lowest BCUT2D eigenvalue weighted by atomic mass is 10.2. The van der Waals surface area contributed by atoms with E-state index in [-0.39, 0.29) is 21.8 Å². The highest BCUT2D eigenvalue weighted by molar-refractivity contribution is 7.92. The molecule has 1 amide bonds. The number of anilines is 2. The number of nitro benzene ring substituents is 1. The summed E-state index contributed by atoms with van der Waals surface area (Å²) in [6.07, 6.45) is 0. The minimum atomic E-state index is -3.80. The van der Waals surface area contributed by atoms with Gasteiger partial charge in [0.1, 0.15) is 0 Å². The van der Waals surface area contributed by atoms with Gasteiger partial charge in [0.05, 0.1) is 9.82 Å². The van der Waals surface area contributed by atoms with Crippen molar-refractivity contribution in [3.63, 3.8) is 0 Å². The normalized spacial score (nSPS) is 10.9. The number of sulfonamides is 1. The predicted octanol–water partition coefficient (Wildman–Crippen LogP) is 3.96. The topological polar surface area (TPSA) is 118 Å². The molecule has 0 heterocycles. The van der Waals surface area contributed by atoms with Crippen molar-refractivity contribution in [1.82, 2.24) is 0 Å². The molecule has 0 unspecified atom stereocenters. The summed E-state index contributed by atoms with van der Waals surface area (Å²) < 4.78 is 27.4.